The third-order valence-corrected chi connectivity index (χ3v) is 9.15. The number of fused-ring (bicyclic) bond motifs is 4. The molecule has 224 valence electrons. The Balaban J connectivity index is 1.35. The second-order valence-corrected chi connectivity index (χ2v) is 12.0. The van der Waals surface area contributed by atoms with E-state index in [1.807, 2.05) is 4.90 Å². The average Bonchev–Trinajstić information content (AvgIpc) is 3.56. The zero-order valence-electron chi connectivity index (χ0n) is 22.9. The summed E-state index contributed by atoms with van der Waals surface area (Å²) >= 11 is 0. The summed E-state index contributed by atoms with van der Waals surface area (Å²) in [4.78, 5) is 31.4. The number of pyridine rings is 2. The number of anilines is 1. The van der Waals surface area contributed by atoms with Gasteiger partial charge >= 0.3 is 12.2 Å². The number of H-pyrrole nitrogens is 1. The Morgan fingerprint density at radius 2 is 1.93 bits per heavy atom. The van der Waals surface area contributed by atoms with Gasteiger partial charge in [-0.05, 0) is 44.7 Å². The highest BCUT2D eigenvalue weighted by molar-refractivity contribution is 5.92. The van der Waals surface area contributed by atoms with Crippen molar-refractivity contribution in [1.82, 2.24) is 30.2 Å². The molecule has 4 aliphatic rings. The van der Waals surface area contributed by atoms with Crippen LogP contribution in [0.15, 0.2) is 17.1 Å². The van der Waals surface area contributed by atoms with Crippen molar-refractivity contribution in [1.29, 1.82) is 0 Å². The quantitative estimate of drug-likeness (QED) is 0.433. The summed E-state index contributed by atoms with van der Waals surface area (Å²) in [7, 11) is 0. The van der Waals surface area contributed by atoms with Gasteiger partial charge in [0, 0.05) is 50.4 Å². The van der Waals surface area contributed by atoms with Crippen LogP contribution in [0.2, 0.25) is 0 Å². The van der Waals surface area contributed by atoms with Gasteiger partial charge in [0.25, 0.3) is 0 Å². The van der Waals surface area contributed by atoms with E-state index in [1.54, 1.807) is 0 Å². The lowest BCUT2D eigenvalue weighted by atomic mass is 9.95. The lowest BCUT2D eigenvalue weighted by Crippen LogP contribution is -2.51. The average molecular weight is 592 g/mol. The number of piperazine rings is 1. The third-order valence-electron chi connectivity index (χ3n) is 9.15. The largest absolute Gasteiger partial charge is 0.461 e. The van der Waals surface area contributed by atoms with Crippen LogP contribution in [0.25, 0.3) is 22.3 Å². The predicted octanol–water partition coefficient (Wildman–Crippen LogP) is 3.74. The maximum absolute atomic E-state index is 16.3. The molecule has 0 saturated carbocycles. The maximum atomic E-state index is 16.3. The van der Waals surface area contributed by atoms with E-state index in [-0.39, 0.29) is 41.2 Å². The van der Waals surface area contributed by atoms with Crippen molar-refractivity contribution in [2.24, 2.45) is 0 Å². The molecule has 0 aliphatic carbocycles. The van der Waals surface area contributed by atoms with Crippen molar-refractivity contribution in [3.05, 3.63) is 39.6 Å². The minimum Gasteiger partial charge on any atom is -0.461 e. The van der Waals surface area contributed by atoms with Gasteiger partial charge in [0.05, 0.1) is 22.2 Å². The van der Waals surface area contributed by atoms with E-state index in [0.29, 0.717) is 31.9 Å². The van der Waals surface area contributed by atoms with Crippen molar-refractivity contribution in [3.63, 3.8) is 0 Å². The number of hydrogen-bond acceptors (Lipinski definition) is 8. The molecule has 14 heteroatoms. The number of nitrogens with zero attached hydrogens (tertiary/aromatic N) is 5. The molecule has 0 aromatic carbocycles. The summed E-state index contributed by atoms with van der Waals surface area (Å²) in [6, 6.07) is 1.10. The number of ether oxygens (including phenoxy) is 1. The van der Waals surface area contributed by atoms with Gasteiger partial charge in [-0.25, -0.2) is 8.78 Å². The van der Waals surface area contributed by atoms with Gasteiger partial charge in [-0.15, -0.1) is 0 Å². The summed E-state index contributed by atoms with van der Waals surface area (Å²) in [6.07, 6.45) is -0.662. The number of alkyl halides is 4. The minimum absolute atomic E-state index is 0.105. The first-order valence-corrected chi connectivity index (χ1v) is 14.2. The molecule has 9 nitrogen and oxygen atoms in total. The van der Waals surface area contributed by atoms with Crippen LogP contribution in [-0.4, -0.2) is 81.4 Å². The molecule has 3 aromatic heterocycles. The molecule has 0 amide bonds. The minimum atomic E-state index is -4.88. The summed E-state index contributed by atoms with van der Waals surface area (Å²) < 4.78 is 78.8. The van der Waals surface area contributed by atoms with Gasteiger partial charge in [-0.2, -0.15) is 23.1 Å². The van der Waals surface area contributed by atoms with Crippen LogP contribution in [0, 0.1) is 12.7 Å². The van der Waals surface area contributed by atoms with E-state index in [1.165, 1.54) is 6.20 Å². The van der Waals surface area contributed by atoms with Gasteiger partial charge in [-0.3, -0.25) is 14.7 Å². The Morgan fingerprint density at radius 3 is 2.67 bits per heavy atom. The first kappa shape index (κ1) is 27.4. The number of halogens is 5. The fraction of sp³-hybridized carbons (Fsp3) is 0.571. The van der Waals surface area contributed by atoms with E-state index in [0.717, 1.165) is 45.2 Å². The molecule has 4 aliphatic heterocycles. The molecule has 7 heterocycles. The standard InChI is InChI=1S/C28H30F5N7O2/c1-14-7-19(41)36-23(20(14)28(31,32)33)24-21(30)22-18(9-34-24)25(39-11-16-3-4-17(12-39)35-16)38-26(37-22)42-13-27-5-2-6-40(27)10-15(29)8-27/h7,9,15-17,35H,2-6,8,10-13H2,1H3,(H,36,41)/t15-,16?,17?,27+/m1/s1. The van der Waals surface area contributed by atoms with Crippen molar-refractivity contribution < 1.29 is 26.7 Å². The van der Waals surface area contributed by atoms with E-state index in [4.69, 9.17) is 4.74 Å². The molecule has 4 fully saturated rings. The second-order valence-electron chi connectivity index (χ2n) is 12.0. The highest BCUT2D eigenvalue weighted by Crippen LogP contribution is 2.42. The van der Waals surface area contributed by atoms with Crippen LogP contribution in [0.3, 0.4) is 0 Å². The van der Waals surface area contributed by atoms with Crippen LogP contribution in [0.4, 0.5) is 27.8 Å². The lowest BCUT2D eigenvalue weighted by molar-refractivity contribution is -0.137. The topological polar surface area (TPSA) is 99.3 Å². The van der Waals surface area contributed by atoms with Crippen LogP contribution in [0.1, 0.15) is 43.2 Å². The Hall–Kier alpha value is -3.39. The molecule has 0 spiro atoms. The Kier molecular flexibility index (Phi) is 6.42. The van der Waals surface area contributed by atoms with Gasteiger partial charge in [0.1, 0.15) is 29.8 Å². The number of nitrogens with one attached hydrogen (secondary N) is 2. The Morgan fingerprint density at radius 1 is 1.17 bits per heavy atom. The molecular formula is C28H30F5N7O2. The van der Waals surface area contributed by atoms with Crippen LogP contribution in [0.5, 0.6) is 6.01 Å². The van der Waals surface area contributed by atoms with E-state index in [2.05, 4.69) is 30.2 Å². The van der Waals surface area contributed by atoms with Crippen molar-refractivity contribution >= 4 is 16.7 Å². The van der Waals surface area contributed by atoms with Gasteiger partial charge in [-0.1, -0.05) is 0 Å². The molecule has 0 radical (unpaired) electrons. The Labute approximate surface area is 237 Å². The molecular weight excluding hydrogens is 561 g/mol. The summed E-state index contributed by atoms with van der Waals surface area (Å²) in [5.41, 5.74) is -4.57. The van der Waals surface area contributed by atoms with E-state index >= 15 is 4.39 Å². The lowest BCUT2D eigenvalue weighted by Gasteiger charge is -2.34. The molecule has 2 bridgehead atoms. The molecule has 2 N–H and O–H groups in total. The first-order valence-electron chi connectivity index (χ1n) is 14.2. The second kappa shape index (κ2) is 9.83. The number of aromatic amines is 1. The fourth-order valence-corrected chi connectivity index (χ4v) is 7.35. The first-order chi connectivity index (χ1) is 20.0. The van der Waals surface area contributed by atoms with Crippen LogP contribution in [-0.2, 0) is 6.18 Å². The summed E-state index contributed by atoms with van der Waals surface area (Å²) in [5, 5.41) is 3.75. The zero-order chi connectivity index (χ0) is 29.4. The maximum Gasteiger partial charge on any atom is 0.418 e. The molecule has 7 rings (SSSR count). The van der Waals surface area contributed by atoms with E-state index in [9.17, 15) is 22.4 Å². The molecule has 2 unspecified atom stereocenters. The molecule has 4 atom stereocenters. The van der Waals surface area contributed by atoms with Crippen LogP contribution >= 0.6 is 0 Å². The number of aromatic nitrogens is 4. The smallest absolute Gasteiger partial charge is 0.418 e. The van der Waals surface area contributed by atoms with Gasteiger partial charge in [0.2, 0.25) is 5.56 Å². The Bertz CT molecular complexity index is 1600. The zero-order valence-corrected chi connectivity index (χ0v) is 22.9. The van der Waals surface area contributed by atoms with E-state index < -0.39 is 46.2 Å². The molecule has 42 heavy (non-hydrogen) atoms. The number of rotatable bonds is 5. The van der Waals surface area contributed by atoms with Crippen molar-refractivity contribution in [2.75, 3.05) is 37.7 Å². The monoisotopic (exact) mass is 591 g/mol. The molecule has 4 saturated heterocycles. The highest BCUT2D eigenvalue weighted by Gasteiger charge is 2.49. The molecule has 3 aromatic rings. The fourth-order valence-electron chi connectivity index (χ4n) is 7.35. The summed E-state index contributed by atoms with van der Waals surface area (Å²) in [5.74, 6) is -0.758. The SMILES string of the molecule is Cc1cc(=O)[nH]c(-c2ncc3c(N4CC5CCC(C4)N5)nc(OC[C@@]45CCCN4C[C@H](F)C5)nc3c2F)c1C(F)(F)F. The normalized spacial score (nSPS) is 27.7. The van der Waals surface area contributed by atoms with Gasteiger partial charge in [0.15, 0.2) is 5.82 Å². The van der Waals surface area contributed by atoms with Crippen LogP contribution < -0.4 is 20.5 Å². The number of hydrogen-bond donors (Lipinski definition) is 2. The van der Waals surface area contributed by atoms with Crippen molar-refractivity contribution in [3.8, 4) is 17.4 Å². The predicted molar refractivity (Wildman–Crippen MR) is 144 cm³/mol. The van der Waals surface area contributed by atoms with Crippen molar-refractivity contribution in [2.45, 2.75) is 69.0 Å². The third kappa shape index (κ3) is 4.59. The highest BCUT2D eigenvalue weighted by atomic mass is 19.4. The van der Waals surface area contributed by atoms with Gasteiger partial charge < -0.3 is 19.9 Å². The number of aryl methyl sites for hydroxylation is 1. The summed E-state index contributed by atoms with van der Waals surface area (Å²) in [6.45, 7) is 3.52.